The maximum Gasteiger partial charge on any atom is 0.261 e. The number of para-hydroxylation sites is 2. The number of nitrogens with one attached hydrogen (secondary N) is 2. The molecule has 0 radical (unpaired) electrons. The normalized spacial score (nSPS) is 11.3. The summed E-state index contributed by atoms with van der Waals surface area (Å²) in [7, 11) is 0. The first kappa shape index (κ1) is 19.3. The molecule has 3 heterocycles. The lowest BCUT2D eigenvalue weighted by molar-refractivity contribution is -0.116. The fraction of sp³-hybridized carbons (Fsp3) is 0.125. The highest BCUT2D eigenvalue weighted by atomic mass is 32.1. The van der Waals surface area contributed by atoms with Crippen LogP contribution in [0.15, 0.2) is 66.0 Å². The summed E-state index contributed by atoms with van der Waals surface area (Å²) in [6.07, 6.45) is 0.185. The number of aromatic nitrogens is 2. The van der Waals surface area contributed by atoms with Crippen LogP contribution in [0.5, 0.6) is 0 Å². The topological polar surface area (TPSA) is 75.5 Å². The SMILES string of the molecule is Cc1nc2ccccc2c2c(NC(=O)CCNC(=O)c3cccs3)c3ccccc3n12. The van der Waals surface area contributed by atoms with Gasteiger partial charge in [-0.1, -0.05) is 42.5 Å². The Morgan fingerprint density at radius 1 is 1.00 bits per heavy atom. The number of anilines is 1. The minimum absolute atomic E-state index is 0.150. The van der Waals surface area contributed by atoms with Gasteiger partial charge in [-0.2, -0.15) is 0 Å². The fourth-order valence-electron chi connectivity index (χ4n) is 3.94. The van der Waals surface area contributed by atoms with Gasteiger partial charge in [0.05, 0.1) is 27.1 Å². The maximum absolute atomic E-state index is 12.8. The number of thiophene rings is 1. The van der Waals surface area contributed by atoms with Gasteiger partial charge in [0.2, 0.25) is 5.91 Å². The Balaban J connectivity index is 1.48. The Hall–Kier alpha value is -3.71. The van der Waals surface area contributed by atoms with Crippen molar-refractivity contribution >= 4 is 56.2 Å². The maximum atomic E-state index is 12.8. The fourth-order valence-corrected chi connectivity index (χ4v) is 4.58. The van der Waals surface area contributed by atoms with Gasteiger partial charge in [0.15, 0.2) is 0 Å². The van der Waals surface area contributed by atoms with Gasteiger partial charge in [0.25, 0.3) is 5.91 Å². The van der Waals surface area contributed by atoms with E-state index in [1.807, 2.05) is 66.9 Å². The highest BCUT2D eigenvalue weighted by Crippen LogP contribution is 2.36. The van der Waals surface area contributed by atoms with Crippen LogP contribution < -0.4 is 10.6 Å². The van der Waals surface area contributed by atoms with Crippen LogP contribution in [-0.4, -0.2) is 27.7 Å². The Kier molecular flexibility index (Phi) is 4.88. The molecule has 0 spiro atoms. The van der Waals surface area contributed by atoms with Crippen LogP contribution in [0.1, 0.15) is 21.9 Å². The van der Waals surface area contributed by atoms with Crippen molar-refractivity contribution in [3.8, 4) is 0 Å². The lowest BCUT2D eigenvalue weighted by atomic mass is 10.1. The summed E-state index contributed by atoms with van der Waals surface area (Å²) < 4.78 is 2.09. The van der Waals surface area contributed by atoms with Crippen LogP contribution in [0.4, 0.5) is 5.69 Å². The molecule has 2 N–H and O–H groups in total. The molecule has 31 heavy (non-hydrogen) atoms. The third-order valence-electron chi connectivity index (χ3n) is 5.29. The largest absolute Gasteiger partial charge is 0.351 e. The summed E-state index contributed by atoms with van der Waals surface area (Å²) in [5.41, 5.74) is 3.58. The second-order valence-electron chi connectivity index (χ2n) is 7.28. The van der Waals surface area contributed by atoms with E-state index in [-0.39, 0.29) is 24.8 Å². The average molecular weight is 429 g/mol. The molecular formula is C24H20N4O2S. The molecule has 154 valence electrons. The molecule has 7 heteroatoms. The molecule has 6 nitrogen and oxygen atoms in total. The van der Waals surface area contributed by atoms with Crippen LogP contribution in [0, 0.1) is 6.92 Å². The van der Waals surface area contributed by atoms with Crippen molar-refractivity contribution in [2.24, 2.45) is 0 Å². The molecule has 0 saturated carbocycles. The van der Waals surface area contributed by atoms with E-state index in [0.29, 0.717) is 4.88 Å². The lowest BCUT2D eigenvalue weighted by Crippen LogP contribution is -2.27. The van der Waals surface area contributed by atoms with Gasteiger partial charge in [0, 0.05) is 23.7 Å². The van der Waals surface area contributed by atoms with Crippen molar-refractivity contribution in [3.05, 3.63) is 76.7 Å². The second kappa shape index (κ2) is 7.85. The smallest absolute Gasteiger partial charge is 0.261 e. The van der Waals surface area contributed by atoms with Gasteiger partial charge in [-0.15, -0.1) is 11.3 Å². The zero-order valence-corrected chi connectivity index (χ0v) is 17.7. The van der Waals surface area contributed by atoms with Crippen molar-refractivity contribution in [1.29, 1.82) is 0 Å². The quantitative estimate of drug-likeness (QED) is 0.423. The molecule has 2 aromatic carbocycles. The molecule has 5 aromatic rings. The van der Waals surface area contributed by atoms with Gasteiger partial charge >= 0.3 is 0 Å². The molecule has 0 unspecified atom stereocenters. The van der Waals surface area contributed by atoms with Gasteiger partial charge in [-0.25, -0.2) is 4.98 Å². The summed E-state index contributed by atoms with van der Waals surface area (Å²) in [6, 6.07) is 19.5. The monoisotopic (exact) mass is 428 g/mol. The molecule has 0 aliphatic heterocycles. The first-order valence-electron chi connectivity index (χ1n) is 10.0. The third-order valence-corrected chi connectivity index (χ3v) is 6.16. The van der Waals surface area contributed by atoms with E-state index in [2.05, 4.69) is 15.0 Å². The number of nitrogens with zero attached hydrogens (tertiary/aromatic N) is 2. The first-order valence-corrected chi connectivity index (χ1v) is 10.9. The van der Waals surface area contributed by atoms with Gasteiger partial charge in [-0.3, -0.25) is 14.0 Å². The first-order chi connectivity index (χ1) is 15.1. The van der Waals surface area contributed by atoms with E-state index in [4.69, 9.17) is 4.98 Å². The van der Waals surface area contributed by atoms with Crippen molar-refractivity contribution in [3.63, 3.8) is 0 Å². The van der Waals surface area contributed by atoms with E-state index in [9.17, 15) is 9.59 Å². The van der Waals surface area contributed by atoms with Crippen LogP contribution in [-0.2, 0) is 4.79 Å². The Labute approximate surface area is 182 Å². The summed E-state index contributed by atoms with van der Waals surface area (Å²) in [4.78, 5) is 30.3. The third kappa shape index (κ3) is 3.43. The number of fused-ring (bicyclic) bond motifs is 5. The van der Waals surface area contributed by atoms with Gasteiger partial charge in [-0.05, 0) is 30.5 Å². The van der Waals surface area contributed by atoms with E-state index in [1.54, 1.807) is 6.07 Å². The van der Waals surface area contributed by atoms with Gasteiger partial charge in [0.1, 0.15) is 5.82 Å². The summed E-state index contributed by atoms with van der Waals surface area (Å²) >= 11 is 1.38. The minimum atomic E-state index is -0.157. The molecule has 5 rings (SSSR count). The van der Waals surface area contributed by atoms with Crippen LogP contribution in [0.2, 0.25) is 0 Å². The Bertz CT molecular complexity index is 1440. The number of carbonyl (C=O) groups excluding carboxylic acids is 2. The number of rotatable bonds is 5. The number of benzene rings is 2. The minimum Gasteiger partial charge on any atom is -0.351 e. The average Bonchev–Trinajstić information content (AvgIpc) is 3.42. The molecule has 0 bridgehead atoms. The van der Waals surface area contributed by atoms with Crippen LogP contribution in [0.3, 0.4) is 0 Å². The standard InChI is InChI=1S/C24H20N4O2S/c1-15-26-18-9-4-2-7-16(18)23-22(17-8-3-5-10-19(17)28(15)23)27-21(29)12-13-25-24(30)20-11-6-14-31-20/h2-11,14H,12-13H2,1H3,(H,25,30)(H,27,29). The van der Waals surface area contributed by atoms with E-state index >= 15 is 0 Å². The summed E-state index contributed by atoms with van der Waals surface area (Å²) in [6.45, 7) is 2.24. The number of amides is 2. The highest BCUT2D eigenvalue weighted by Gasteiger charge is 2.18. The molecule has 0 aliphatic carbocycles. The van der Waals surface area contributed by atoms with Gasteiger partial charge < -0.3 is 10.6 Å². The zero-order chi connectivity index (χ0) is 21.4. The second-order valence-corrected chi connectivity index (χ2v) is 8.23. The van der Waals surface area contributed by atoms with E-state index < -0.39 is 0 Å². The number of hydrogen-bond donors (Lipinski definition) is 2. The molecular weight excluding hydrogens is 408 g/mol. The highest BCUT2D eigenvalue weighted by molar-refractivity contribution is 7.12. The molecule has 0 aliphatic rings. The predicted molar refractivity (Wildman–Crippen MR) is 125 cm³/mol. The van der Waals surface area contributed by atoms with E-state index in [1.165, 1.54) is 11.3 Å². The summed E-state index contributed by atoms with van der Waals surface area (Å²) in [5.74, 6) is 0.548. The molecule has 3 aromatic heterocycles. The van der Waals surface area contributed by atoms with Crippen molar-refractivity contribution in [2.45, 2.75) is 13.3 Å². The Morgan fingerprint density at radius 2 is 1.77 bits per heavy atom. The molecule has 0 saturated heterocycles. The number of hydrogen-bond acceptors (Lipinski definition) is 4. The van der Waals surface area contributed by atoms with Crippen molar-refractivity contribution in [1.82, 2.24) is 14.7 Å². The van der Waals surface area contributed by atoms with Crippen molar-refractivity contribution in [2.75, 3.05) is 11.9 Å². The van der Waals surface area contributed by atoms with E-state index in [0.717, 1.165) is 38.8 Å². The summed E-state index contributed by atoms with van der Waals surface area (Å²) in [5, 5.41) is 9.69. The Morgan fingerprint density at radius 3 is 2.58 bits per heavy atom. The molecule has 2 amide bonds. The zero-order valence-electron chi connectivity index (χ0n) is 16.9. The lowest BCUT2D eigenvalue weighted by Gasteiger charge is -2.09. The van der Waals surface area contributed by atoms with Crippen LogP contribution >= 0.6 is 11.3 Å². The number of carbonyl (C=O) groups is 2. The van der Waals surface area contributed by atoms with Crippen molar-refractivity contribution < 1.29 is 9.59 Å². The molecule has 0 atom stereocenters. The van der Waals surface area contributed by atoms with Crippen LogP contribution in [0.25, 0.3) is 27.3 Å². The number of aryl methyl sites for hydroxylation is 1. The predicted octanol–water partition coefficient (Wildman–Crippen LogP) is 4.77. The molecule has 0 fully saturated rings.